The van der Waals surface area contributed by atoms with Gasteiger partial charge in [-0.05, 0) is 43.5 Å². The van der Waals surface area contributed by atoms with Crippen molar-refractivity contribution >= 4 is 22.5 Å². The minimum Gasteiger partial charge on any atom is -0.361 e. The molecule has 0 atom stereocenters. The maximum atomic E-state index is 12.4. The number of aryl methyl sites for hydroxylation is 2. The molecule has 0 bridgehead atoms. The molecule has 0 radical (unpaired) electrons. The second-order valence-electron chi connectivity index (χ2n) is 6.78. The zero-order valence-electron chi connectivity index (χ0n) is 15.9. The molecule has 4 aromatic rings. The van der Waals surface area contributed by atoms with Crippen molar-refractivity contribution in [2.45, 2.75) is 32.7 Å². The number of carbonyl (C=O) groups is 1. The normalized spacial score (nSPS) is 11.0. The van der Waals surface area contributed by atoms with E-state index < -0.39 is 0 Å². The number of para-hydroxylation sites is 1. The van der Waals surface area contributed by atoms with Crippen LogP contribution in [0, 0.1) is 0 Å². The molecule has 1 amide bonds. The van der Waals surface area contributed by atoms with Gasteiger partial charge >= 0.3 is 0 Å². The highest BCUT2D eigenvalue weighted by molar-refractivity contribution is 5.91. The average Bonchev–Trinajstić information content (AvgIpc) is 3.35. The van der Waals surface area contributed by atoms with E-state index in [9.17, 15) is 4.79 Å². The van der Waals surface area contributed by atoms with Crippen molar-refractivity contribution in [2.75, 3.05) is 5.32 Å². The smallest absolute Gasteiger partial charge is 0.224 e. The number of hydrogen-bond donors (Lipinski definition) is 2. The Morgan fingerprint density at radius 1 is 1.18 bits per heavy atom. The van der Waals surface area contributed by atoms with Gasteiger partial charge in [-0.1, -0.05) is 30.3 Å². The van der Waals surface area contributed by atoms with Crippen LogP contribution in [0.3, 0.4) is 0 Å². The molecule has 6 nitrogen and oxygen atoms in total. The van der Waals surface area contributed by atoms with E-state index in [1.165, 1.54) is 10.9 Å². The van der Waals surface area contributed by atoms with E-state index in [0.717, 1.165) is 42.0 Å². The summed E-state index contributed by atoms with van der Waals surface area (Å²) >= 11 is 0. The molecular weight excluding hydrogens is 350 g/mol. The van der Waals surface area contributed by atoms with Crippen LogP contribution in [-0.4, -0.2) is 25.7 Å². The number of nitrogens with one attached hydrogen (secondary N) is 2. The quantitative estimate of drug-likeness (QED) is 0.504. The summed E-state index contributed by atoms with van der Waals surface area (Å²) < 4.78 is 1.97. The Morgan fingerprint density at radius 3 is 2.96 bits per heavy atom. The summed E-state index contributed by atoms with van der Waals surface area (Å²) in [6, 6.07) is 16.0. The summed E-state index contributed by atoms with van der Waals surface area (Å²) in [5, 5.41) is 12.4. The minimum atomic E-state index is 0.0222. The van der Waals surface area contributed by atoms with Crippen molar-refractivity contribution in [1.82, 2.24) is 19.7 Å². The summed E-state index contributed by atoms with van der Waals surface area (Å²) in [6.45, 7) is 2.85. The number of aromatic nitrogens is 4. The van der Waals surface area contributed by atoms with Gasteiger partial charge in [-0.3, -0.25) is 4.79 Å². The first-order valence-electron chi connectivity index (χ1n) is 9.57. The third-order valence-corrected chi connectivity index (χ3v) is 4.89. The Bertz CT molecular complexity index is 1090. The number of aromatic amines is 1. The van der Waals surface area contributed by atoms with E-state index in [-0.39, 0.29) is 5.91 Å². The van der Waals surface area contributed by atoms with Crippen LogP contribution < -0.4 is 5.32 Å². The fourth-order valence-electron chi connectivity index (χ4n) is 3.45. The molecule has 0 spiro atoms. The van der Waals surface area contributed by atoms with Crippen molar-refractivity contribution in [3.63, 3.8) is 0 Å². The molecule has 0 aliphatic rings. The summed E-state index contributed by atoms with van der Waals surface area (Å²) in [6.07, 6.45) is 5.91. The first kappa shape index (κ1) is 18.0. The maximum Gasteiger partial charge on any atom is 0.224 e. The molecule has 2 aromatic heterocycles. The summed E-state index contributed by atoms with van der Waals surface area (Å²) in [4.78, 5) is 15.7. The highest BCUT2D eigenvalue weighted by Gasteiger charge is 2.09. The van der Waals surface area contributed by atoms with Gasteiger partial charge in [0, 0.05) is 41.3 Å². The molecular formula is C22H23N5O. The molecule has 2 aromatic carbocycles. The molecule has 0 aliphatic heterocycles. The molecule has 6 heteroatoms. The lowest BCUT2D eigenvalue weighted by molar-refractivity contribution is -0.116. The standard InChI is InChI=1S/C22H23N5O/c1-2-27-15-24-26-22(27)16-7-5-9-18(13-16)25-21(28)12-6-8-17-14-23-20-11-4-3-10-19(17)20/h3-5,7,9-11,13-15,23H,2,6,8,12H2,1H3,(H,25,28). The number of amides is 1. The second kappa shape index (κ2) is 8.08. The lowest BCUT2D eigenvalue weighted by Gasteiger charge is -2.08. The molecule has 28 heavy (non-hydrogen) atoms. The number of rotatable bonds is 7. The lowest BCUT2D eigenvalue weighted by Crippen LogP contribution is -2.11. The fourth-order valence-corrected chi connectivity index (χ4v) is 3.45. The van der Waals surface area contributed by atoms with Gasteiger partial charge in [-0.25, -0.2) is 0 Å². The van der Waals surface area contributed by atoms with Crippen LogP contribution in [0.25, 0.3) is 22.3 Å². The first-order chi connectivity index (χ1) is 13.7. The van der Waals surface area contributed by atoms with Crippen LogP contribution in [0.4, 0.5) is 5.69 Å². The largest absolute Gasteiger partial charge is 0.361 e. The third kappa shape index (κ3) is 3.81. The Morgan fingerprint density at radius 2 is 2.07 bits per heavy atom. The topological polar surface area (TPSA) is 75.6 Å². The predicted molar refractivity (Wildman–Crippen MR) is 111 cm³/mol. The summed E-state index contributed by atoms with van der Waals surface area (Å²) in [5.74, 6) is 0.826. The molecule has 0 fully saturated rings. The van der Waals surface area contributed by atoms with Crippen LogP contribution >= 0.6 is 0 Å². The van der Waals surface area contributed by atoms with Gasteiger partial charge in [-0.2, -0.15) is 0 Å². The van der Waals surface area contributed by atoms with Gasteiger partial charge in [0.2, 0.25) is 5.91 Å². The second-order valence-corrected chi connectivity index (χ2v) is 6.78. The van der Waals surface area contributed by atoms with Gasteiger partial charge < -0.3 is 14.9 Å². The molecule has 2 N–H and O–H groups in total. The van der Waals surface area contributed by atoms with Gasteiger partial charge in [-0.15, -0.1) is 10.2 Å². The number of H-pyrrole nitrogens is 1. The van der Waals surface area contributed by atoms with Crippen molar-refractivity contribution < 1.29 is 4.79 Å². The average molecular weight is 373 g/mol. The molecule has 2 heterocycles. The highest BCUT2D eigenvalue weighted by Crippen LogP contribution is 2.22. The number of nitrogens with zero attached hydrogens (tertiary/aromatic N) is 3. The minimum absolute atomic E-state index is 0.0222. The van der Waals surface area contributed by atoms with E-state index in [1.807, 2.05) is 54.1 Å². The molecule has 0 unspecified atom stereocenters. The first-order valence-corrected chi connectivity index (χ1v) is 9.57. The van der Waals surface area contributed by atoms with Crippen molar-refractivity contribution in [2.24, 2.45) is 0 Å². The Balaban J connectivity index is 1.36. The number of anilines is 1. The van der Waals surface area contributed by atoms with E-state index >= 15 is 0 Å². The van der Waals surface area contributed by atoms with Crippen molar-refractivity contribution in [1.29, 1.82) is 0 Å². The van der Waals surface area contributed by atoms with Crippen molar-refractivity contribution in [3.8, 4) is 11.4 Å². The van der Waals surface area contributed by atoms with Crippen LogP contribution in [0.5, 0.6) is 0 Å². The molecule has 142 valence electrons. The Kier molecular flexibility index (Phi) is 5.19. The van der Waals surface area contributed by atoms with Gasteiger partial charge in [0.05, 0.1) is 0 Å². The zero-order chi connectivity index (χ0) is 19.3. The Labute approximate surface area is 163 Å². The highest BCUT2D eigenvalue weighted by atomic mass is 16.1. The Hall–Kier alpha value is -3.41. The van der Waals surface area contributed by atoms with E-state index in [4.69, 9.17) is 0 Å². The zero-order valence-corrected chi connectivity index (χ0v) is 15.9. The van der Waals surface area contributed by atoms with Crippen molar-refractivity contribution in [3.05, 3.63) is 66.6 Å². The van der Waals surface area contributed by atoms with E-state index in [2.05, 4.69) is 32.6 Å². The van der Waals surface area contributed by atoms with Gasteiger partial charge in [0.15, 0.2) is 5.82 Å². The van der Waals surface area contributed by atoms with Crippen LogP contribution in [0.1, 0.15) is 25.3 Å². The summed E-state index contributed by atoms with van der Waals surface area (Å²) in [7, 11) is 0. The number of fused-ring (bicyclic) bond motifs is 1. The number of carbonyl (C=O) groups excluding carboxylic acids is 1. The van der Waals surface area contributed by atoms with Crippen LogP contribution in [-0.2, 0) is 17.8 Å². The third-order valence-electron chi connectivity index (χ3n) is 4.89. The van der Waals surface area contributed by atoms with Crippen LogP contribution in [0.15, 0.2) is 61.1 Å². The molecule has 0 saturated heterocycles. The number of benzene rings is 2. The van der Waals surface area contributed by atoms with E-state index in [1.54, 1.807) is 6.33 Å². The number of hydrogen-bond acceptors (Lipinski definition) is 3. The van der Waals surface area contributed by atoms with Gasteiger partial charge in [0.1, 0.15) is 6.33 Å². The molecule has 0 aliphatic carbocycles. The SMILES string of the molecule is CCn1cnnc1-c1cccc(NC(=O)CCCc2c[nH]c3ccccc23)c1. The fraction of sp³-hybridized carbons (Fsp3) is 0.227. The monoisotopic (exact) mass is 373 g/mol. The maximum absolute atomic E-state index is 12.4. The molecule has 0 saturated carbocycles. The summed E-state index contributed by atoms with van der Waals surface area (Å²) in [5.41, 5.74) is 4.11. The molecule has 4 rings (SSSR count). The van der Waals surface area contributed by atoms with E-state index in [0.29, 0.717) is 6.42 Å². The predicted octanol–water partition coefficient (Wildman–Crippen LogP) is 4.41. The lowest BCUT2D eigenvalue weighted by atomic mass is 10.1. The van der Waals surface area contributed by atoms with Gasteiger partial charge in [0.25, 0.3) is 0 Å². The van der Waals surface area contributed by atoms with Crippen LogP contribution in [0.2, 0.25) is 0 Å².